The van der Waals surface area contributed by atoms with Gasteiger partial charge in [0, 0.05) is 25.1 Å². The molecule has 0 aliphatic heterocycles. The quantitative estimate of drug-likeness (QED) is 0.374. The number of rotatable bonds is 5. The molecule has 0 radical (unpaired) electrons. The van der Waals surface area contributed by atoms with Crippen LogP contribution in [0.15, 0.2) is 46.1 Å². The van der Waals surface area contributed by atoms with Crippen LogP contribution < -0.4 is 10.6 Å². The molecule has 2 N–H and O–H groups in total. The molecule has 1 heterocycles. The van der Waals surface area contributed by atoms with Crippen LogP contribution in [0.4, 0.5) is 13.2 Å². The molecule has 0 bridgehead atoms. The van der Waals surface area contributed by atoms with Crippen LogP contribution in [-0.4, -0.2) is 24.7 Å². The summed E-state index contributed by atoms with van der Waals surface area (Å²) < 4.78 is 43.8. The van der Waals surface area contributed by atoms with E-state index in [0.717, 1.165) is 36.6 Å². The van der Waals surface area contributed by atoms with Gasteiger partial charge in [0.25, 0.3) is 0 Å². The SMILES string of the molecule is CN=C(NCc1ccon1)NCC1(c2cccc(C(F)(F)F)c2)CCC1.I. The number of halogens is 4. The molecule has 1 saturated carbocycles. The van der Waals surface area contributed by atoms with Gasteiger partial charge in [0.15, 0.2) is 5.96 Å². The number of benzene rings is 1. The zero-order valence-corrected chi connectivity index (χ0v) is 17.2. The third-order valence-corrected chi connectivity index (χ3v) is 4.86. The van der Waals surface area contributed by atoms with Gasteiger partial charge in [0.2, 0.25) is 0 Å². The third-order valence-electron chi connectivity index (χ3n) is 4.86. The molecule has 9 heteroatoms. The standard InChI is InChI=1S/C18H21F3N4O.HI/c1-22-16(23-11-15-6-9-26-25-15)24-12-17(7-3-8-17)13-4-2-5-14(10-13)18(19,20)21;/h2,4-6,9-10H,3,7-8,11-12H2,1H3,(H2,22,23,24);1H. The lowest BCUT2D eigenvalue weighted by Gasteiger charge is -2.43. The van der Waals surface area contributed by atoms with Gasteiger partial charge in [-0.2, -0.15) is 13.2 Å². The van der Waals surface area contributed by atoms with Crippen molar-refractivity contribution in [3.63, 3.8) is 0 Å². The van der Waals surface area contributed by atoms with Crippen molar-refractivity contribution in [2.24, 2.45) is 4.99 Å². The second-order valence-electron chi connectivity index (χ2n) is 6.48. The lowest BCUT2D eigenvalue weighted by molar-refractivity contribution is -0.137. The lowest BCUT2D eigenvalue weighted by atomic mass is 9.64. The highest BCUT2D eigenvalue weighted by Gasteiger charge is 2.40. The van der Waals surface area contributed by atoms with Crippen LogP contribution in [0.1, 0.15) is 36.1 Å². The molecule has 0 unspecified atom stereocenters. The van der Waals surface area contributed by atoms with E-state index in [9.17, 15) is 13.2 Å². The first-order chi connectivity index (χ1) is 12.4. The van der Waals surface area contributed by atoms with Crippen molar-refractivity contribution in [2.75, 3.05) is 13.6 Å². The monoisotopic (exact) mass is 494 g/mol. The van der Waals surface area contributed by atoms with Crippen molar-refractivity contribution in [1.82, 2.24) is 15.8 Å². The van der Waals surface area contributed by atoms with Gasteiger partial charge in [-0.1, -0.05) is 29.8 Å². The molecule has 27 heavy (non-hydrogen) atoms. The van der Waals surface area contributed by atoms with Crippen LogP contribution in [0.3, 0.4) is 0 Å². The molecular formula is C18H22F3IN4O. The maximum atomic E-state index is 13.0. The van der Waals surface area contributed by atoms with Crippen molar-refractivity contribution in [3.8, 4) is 0 Å². The molecule has 1 aliphatic rings. The van der Waals surface area contributed by atoms with E-state index in [1.807, 2.05) is 0 Å². The van der Waals surface area contributed by atoms with Crippen molar-refractivity contribution >= 4 is 29.9 Å². The summed E-state index contributed by atoms with van der Waals surface area (Å²) in [5.41, 5.74) is 0.560. The molecule has 3 rings (SSSR count). The Morgan fingerprint density at radius 3 is 2.59 bits per heavy atom. The molecule has 0 amide bonds. The number of guanidine groups is 1. The Morgan fingerprint density at radius 1 is 1.26 bits per heavy atom. The summed E-state index contributed by atoms with van der Waals surface area (Å²) in [4.78, 5) is 4.16. The molecule has 148 valence electrons. The van der Waals surface area contributed by atoms with E-state index >= 15 is 0 Å². The van der Waals surface area contributed by atoms with E-state index in [1.165, 1.54) is 18.4 Å². The molecule has 0 saturated heterocycles. The first kappa shape index (κ1) is 21.5. The maximum absolute atomic E-state index is 13.0. The van der Waals surface area contributed by atoms with Gasteiger partial charge in [0.05, 0.1) is 12.1 Å². The van der Waals surface area contributed by atoms with E-state index < -0.39 is 11.7 Å². The first-order valence-electron chi connectivity index (χ1n) is 8.44. The van der Waals surface area contributed by atoms with Crippen LogP contribution in [0.25, 0.3) is 0 Å². The minimum absolute atomic E-state index is 0. The van der Waals surface area contributed by atoms with E-state index in [-0.39, 0.29) is 29.4 Å². The maximum Gasteiger partial charge on any atom is 0.416 e. The summed E-state index contributed by atoms with van der Waals surface area (Å²) in [6.45, 7) is 0.972. The largest absolute Gasteiger partial charge is 0.416 e. The topological polar surface area (TPSA) is 62.5 Å². The van der Waals surface area contributed by atoms with E-state index in [0.29, 0.717) is 19.0 Å². The Morgan fingerprint density at radius 2 is 2.04 bits per heavy atom. The predicted octanol–water partition coefficient (Wildman–Crippen LogP) is 4.10. The summed E-state index contributed by atoms with van der Waals surface area (Å²) in [5.74, 6) is 0.575. The van der Waals surface area contributed by atoms with Crippen LogP contribution in [0.2, 0.25) is 0 Å². The number of hydrogen-bond acceptors (Lipinski definition) is 3. The predicted molar refractivity (Wildman–Crippen MR) is 107 cm³/mol. The second-order valence-corrected chi connectivity index (χ2v) is 6.48. The van der Waals surface area contributed by atoms with Crippen LogP contribution in [0, 0.1) is 0 Å². The van der Waals surface area contributed by atoms with Gasteiger partial charge >= 0.3 is 6.18 Å². The van der Waals surface area contributed by atoms with Gasteiger partial charge in [-0.15, -0.1) is 24.0 Å². The fourth-order valence-electron chi connectivity index (χ4n) is 3.17. The van der Waals surface area contributed by atoms with Gasteiger partial charge in [-0.05, 0) is 24.5 Å². The van der Waals surface area contributed by atoms with Gasteiger partial charge in [0.1, 0.15) is 12.0 Å². The van der Waals surface area contributed by atoms with Gasteiger partial charge < -0.3 is 15.2 Å². The highest BCUT2D eigenvalue weighted by atomic mass is 127. The highest BCUT2D eigenvalue weighted by molar-refractivity contribution is 14.0. The zero-order chi connectivity index (χ0) is 18.6. The first-order valence-corrected chi connectivity index (χ1v) is 8.44. The van der Waals surface area contributed by atoms with Crippen molar-refractivity contribution in [2.45, 2.75) is 37.4 Å². The number of aromatic nitrogens is 1. The average molecular weight is 494 g/mol. The van der Waals surface area contributed by atoms with Crippen molar-refractivity contribution in [3.05, 3.63) is 53.4 Å². The Hall–Kier alpha value is -1.78. The molecule has 1 fully saturated rings. The second kappa shape index (κ2) is 8.94. The number of nitrogens with one attached hydrogen (secondary N) is 2. The summed E-state index contributed by atoms with van der Waals surface area (Å²) >= 11 is 0. The van der Waals surface area contributed by atoms with Crippen molar-refractivity contribution < 1.29 is 17.7 Å². The van der Waals surface area contributed by atoms with Gasteiger partial charge in [-0.25, -0.2) is 0 Å². The number of nitrogens with zero attached hydrogens (tertiary/aromatic N) is 2. The van der Waals surface area contributed by atoms with Gasteiger partial charge in [-0.3, -0.25) is 4.99 Å². The van der Waals surface area contributed by atoms with Crippen LogP contribution >= 0.6 is 24.0 Å². The van der Waals surface area contributed by atoms with E-state index in [4.69, 9.17) is 4.52 Å². The molecule has 1 aliphatic carbocycles. The lowest BCUT2D eigenvalue weighted by Crippen LogP contribution is -2.48. The van der Waals surface area contributed by atoms with E-state index in [2.05, 4.69) is 20.8 Å². The minimum Gasteiger partial charge on any atom is -0.364 e. The minimum atomic E-state index is -4.33. The Labute approximate surface area is 172 Å². The Kier molecular flexibility index (Phi) is 7.12. The van der Waals surface area contributed by atoms with Crippen LogP contribution in [0.5, 0.6) is 0 Å². The number of hydrogen-bond donors (Lipinski definition) is 2. The average Bonchev–Trinajstić information content (AvgIpc) is 3.09. The Bertz CT molecular complexity index is 758. The summed E-state index contributed by atoms with van der Waals surface area (Å²) in [7, 11) is 1.65. The van der Waals surface area contributed by atoms with Crippen molar-refractivity contribution in [1.29, 1.82) is 0 Å². The summed E-state index contributed by atoms with van der Waals surface area (Å²) in [6, 6.07) is 7.39. The summed E-state index contributed by atoms with van der Waals surface area (Å²) in [6.07, 6.45) is -0.139. The fourth-order valence-corrected chi connectivity index (χ4v) is 3.17. The molecule has 5 nitrogen and oxygen atoms in total. The number of alkyl halides is 3. The normalized spacial score (nSPS) is 16.2. The molecular weight excluding hydrogens is 472 g/mol. The Balaban J connectivity index is 0.00000261. The van der Waals surface area contributed by atoms with E-state index in [1.54, 1.807) is 19.2 Å². The molecule has 0 atom stereocenters. The zero-order valence-electron chi connectivity index (χ0n) is 14.8. The molecule has 2 aromatic rings. The highest BCUT2D eigenvalue weighted by Crippen LogP contribution is 2.44. The smallest absolute Gasteiger partial charge is 0.364 e. The molecule has 1 aromatic carbocycles. The fraction of sp³-hybridized carbons (Fsp3) is 0.444. The van der Waals surface area contributed by atoms with Crippen LogP contribution in [-0.2, 0) is 18.1 Å². The molecule has 0 spiro atoms. The third kappa shape index (κ3) is 5.14. The summed E-state index contributed by atoms with van der Waals surface area (Å²) in [5, 5.41) is 10.2. The molecule has 1 aromatic heterocycles. The number of aliphatic imine (C=N–C) groups is 1.